The van der Waals surface area contributed by atoms with Crippen LogP contribution < -0.4 is 5.32 Å². The maximum Gasteiger partial charge on any atom is 0.232 e. The van der Waals surface area contributed by atoms with Crippen molar-refractivity contribution in [1.82, 2.24) is 10.2 Å². The van der Waals surface area contributed by atoms with Gasteiger partial charge in [-0.3, -0.25) is 4.79 Å². The first-order valence-corrected chi connectivity index (χ1v) is 6.78. The Morgan fingerprint density at radius 1 is 1.30 bits per heavy atom. The third-order valence-corrected chi connectivity index (χ3v) is 3.71. The zero-order valence-corrected chi connectivity index (χ0v) is 12.8. The molecule has 1 aromatic carbocycles. The molecule has 1 aliphatic heterocycles. The van der Waals surface area contributed by atoms with E-state index in [-0.39, 0.29) is 24.1 Å². The fourth-order valence-electron chi connectivity index (χ4n) is 2.44. The van der Waals surface area contributed by atoms with Crippen LogP contribution in [0.25, 0.3) is 0 Å². The van der Waals surface area contributed by atoms with Crippen molar-refractivity contribution in [3.05, 3.63) is 35.6 Å². The molecule has 20 heavy (non-hydrogen) atoms. The average Bonchev–Trinajstić information content (AvgIpc) is 2.66. The molecule has 1 aromatic rings. The number of nitrogens with one attached hydrogen (secondary N) is 1. The molecule has 0 saturated carbocycles. The van der Waals surface area contributed by atoms with E-state index in [9.17, 15) is 9.18 Å². The van der Waals surface area contributed by atoms with E-state index in [1.807, 2.05) is 24.8 Å². The lowest BCUT2D eigenvalue weighted by molar-refractivity contribution is -0.136. The highest BCUT2D eigenvalue weighted by Gasteiger charge is 2.34. The molecule has 0 unspecified atom stereocenters. The van der Waals surface area contributed by atoms with Crippen molar-refractivity contribution >= 4 is 18.3 Å². The van der Waals surface area contributed by atoms with Gasteiger partial charge in [-0.15, -0.1) is 12.4 Å². The standard InChI is InChI=1S/C15H21FN2O.ClH/c1-15(2,12-5-3-6-13(16)11-12)14(19)18-9-4-7-17-8-10-18;/h3,5-6,11,17H,4,7-10H2,1-2H3;1H. The number of benzene rings is 1. The molecule has 1 aliphatic rings. The van der Waals surface area contributed by atoms with Gasteiger partial charge in [-0.05, 0) is 44.5 Å². The Balaban J connectivity index is 0.00000200. The van der Waals surface area contributed by atoms with E-state index < -0.39 is 5.41 Å². The van der Waals surface area contributed by atoms with E-state index in [1.165, 1.54) is 12.1 Å². The number of carbonyl (C=O) groups is 1. The third kappa shape index (κ3) is 3.70. The van der Waals surface area contributed by atoms with Gasteiger partial charge in [0, 0.05) is 19.6 Å². The van der Waals surface area contributed by atoms with Crippen molar-refractivity contribution in [2.75, 3.05) is 26.2 Å². The van der Waals surface area contributed by atoms with Gasteiger partial charge < -0.3 is 10.2 Å². The minimum absolute atomic E-state index is 0. The third-order valence-electron chi connectivity index (χ3n) is 3.71. The minimum atomic E-state index is -0.688. The molecule has 5 heteroatoms. The average molecular weight is 301 g/mol. The van der Waals surface area contributed by atoms with Gasteiger partial charge in [-0.25, -0.2) is 4.39 Å². The highest BCUT2D eigenvalue weighted by Crippen LogP contribution is 2.26. The Labute approximate surface area is 125 Å². The molecule has 1 heterocycles. The van der Waals surface area contributed by atoms with Crippen molar-refractivity contribution in [3.8, 4) is 0 Å². The predicted octanol–water partition coefficient (Wildman–Crippen LogP) is 2.35. The zero-order valence-electron chi connectivity index (χ0n) is 12.0. The van der Waals surface area contributed by atoms with Crippen LogP contribution in [0.3, 0.4) is 0 Å². The normalized spacial score (nSPS) is 16.2. The zero-order chi connectivity index (χ0) is 13.9. The Morgan fingerprint density at radius 3 is 2.75 bits per heavy atom. The van der Waals surface area contributed by atoms with Crippen LogP contribution in [-0.4, -0.2) is 37.0 Å². The molecule has 1 amide bonds. The predicted molar refractivity (Wildman–Crippen MR) is 80.7 cm³/mol. The van der Waals surface area contributed by atoms with Gasteiger partial charge >= 0.3 is 0 Å². The number of halogens is 2. The van der Waals surface area contributed by atoms with Gasteiger partial charge in [0.1, 0.15) is 5.82 Å². The maximum atomic E-state index is 13.3. The molecule has 0 aromatic heterocycles. The van der Waals surface area contributed by atoms with E-state index in [0.29, 0.717) is 0 Å². The van der Waals surface area contributed by atoms with Crippen molar-refractivity contribution in [3.63, 3.8) is 0 Å². The van der Waals surface area contributed by atoms with E-state index in [2.05, 4.69) is 5.32 Å². The van der Waals surface area contributed by atoms with Crippen LogP contribution in [0.2, 0.25) is 0 Å². The van der Waals surface area contributed by atoms with Crippen LogP contribution in [0.1, 0.15) is 25.8 Å². The first-order valence-electron chi connectivity index (χ1n) is 6.78. The van der Waals surface area contributed by atoms with Gasteiger partial charge in [0.25, 0.3) is 0 Å². The number of rotatable bonds is 2. The first-order chi connectivity index (χ1) is 9.01. The number of nitrogens with zero attached hydrogens (tertiary/aromatic N) is 1. The Kier molecular flexibility index (Phi) is 5.96. The topological polar surface area (TPSA) is 32.3 Å². The lowest BCUT2D eigenvalue weighted by atomic mass is 9.83. The molecule has 1 N–H and O–H groups in total. The maximum absolute atomic E-state index is 13.3. The quantitative estimate of drug-likeness (QED) is 0.909. The lowest BCUT2D eigenvalue weighted by Gasteiger charge is -2.31. The fraction of sp³-hybridized carbons (Fsp3) is 0.533. The van der Waals surface area contributed by atoms with Gasteiger partial charge in [0.2, 0.25) is 5.91 Å². The second-order valence-corrected chi connectivity index (χ2v) is 5.53. The summed E-state index contributed by atoms with van der Waals surface area (Å²) in [5.41, 5.74) is 0.0432. The second kappa shape index (κ2) is 7.04. The fourth-order valence-corrected chi connectivity index (χ4v) is 2.44. The SMILES string of the molecule is CC(C)(C(=O)N1CCCNCC1)c1cccc(F)c1.Cl. The summed E-state index contributed by atoms with van der Waals surface area (Å²) in [5, 5.41) is 3.28. The van der Waals surface area contributed by atoms with Crippen LogP contribution in [0.5, 0.6) is 0 Å². The molecule has 1 saturated heterocycles. The van der Waals surface area contributed by atoms with Gasteiger partial charge in [0.05, 0.1) is 5.41 Å². The Bertz CT molecular complexity index is 457. The first kappa shape index (κ1) is 16.9. The van der Waals surface area contributed by atoms with Crippen LogP contribution in [-0.2, 0) is 10.2 Å². The number of amides is 1. The lowest BCUT2D eigenvalue weighted by Crippen LogP contribution is -2.45. The molecule has 0 spiro atoms. The summed E-state index contributed by atoms with van der Waals surface area (Å²) >= 11 is 0. The van der Waals surface area contributed by atoms with Crippen molar-refractivity contribution in [2.24, 2.45) is 0 Å². The van der Waals surface area contributed by atoms with Crippen LogP contribution in [0.4, 0.5) is 4.39 Å². The summed E-state index contributed by atoms with van der Waals surface area (Å²) in [4.78, 5) is 14.5. The molecule has 0 aliphatic carbocycles. The number of hydrogen-bond donors (Lipinski definition) is 1. The van der Waals surface area contributed by atoms with E-state index in [0.717, 1.165) is 38.2 Å². The molecule has 0 bridgehead atoms. The molecule has 112 valence electrons. The largest absolute Gasteiger partial charge is 0.341 e. The molecule has 3 nitrogen and oxygen atoms in total. The van der Waals surface area contributed by atoms with Gasteiger partial charge in [-0.2, -0.15) is 0 Å². The summed E-state index contributed by atoms with van der Waals surface area (Å²) in [6.45, 7) is 6.99. The van der Waals surface area contributed by atoms with Gasteiger partial charge in [-0.1, -0.05) is 12.1 Å². The second-order valence-electron chi connectivity index (χ2n) is 5.53. The summed E-state index contributed by atoms with van der Waals surface area (Å²) < 4.78 is 13.3. The van der Waals surface area contributed by atoms with Crippen molar-refractivity contribution in [1.29, 1.82) is 0 Å². The number of carbonyl (C=O) groups excluding carboxylic acids is 1. The molecular formula is C15H22ClFN2O. The minimum Gasteiger partial charge on any atom is -0.341 e. The molecule has 2 rings (SSSR count). The van der Waals surface area contributed by atoms with E-state index >= 15 is 0 Å². The van der Waals surface area contributed by atoms with Crippen LogP contribution in [0.15, 0.2) is 24.3 Å². The monoisotopic (exact) mass is 300 g/mol. The summed E-state index contributed by atoms with van der Waals surface area (Å²) in [6, 6.07) is 6.33. The van der Waals surface area contributed by atoms with Crippen LogP contribution >= 0.6 is 12.4 Å². The Hall–Kier alpha value is -1.13. The molecular weight excluding hydrogens is 279 g/mol. The van der Waals surface area contributed by atoms with Crippen LogP contribution in [0, 0.1) is 5.82 Å². The Morgan fingerprint density at radius 2 is 2.05 bits per heavy atom. The van der Waals surface area contributed by atoms with E-state index in [4.69, 9.17) is 0 Å². The highest BCUT2D eigenvalue weighted by molar-refractivity contribution is 5.87. The summed E-state index contributed by atoms with van der Waals surface area (Å²) in [6.07, 6.45) is 0.963. The summed E-state index contributed by atoms with van der Waals surface area (Å²) in [7, 11) is 0. The number of hydrogen-bond acceptors (Lipinski definition) is 2. The van der Waals surface area contributed by atoms with E-state index in [1.54, 1.807) is 6.07 Å². The van der Waals surface area contributed by atoms with Crippen molar-refractivity contribution < 1.29 is 9.18 Å². The molecule has 0 atom stereocenters. The van der Waals surface area contributed by atoms with Gasteiger partial charge in [0.15, 0.2) is 0 Å². The molecule has 0 radical (unpaired) electrons. The van der Waals surface area contributed by atoms with Crippen molar-refractivity contribution in [2.45, 2.75) is 25.7 Å². The summed E-state index contributed by atoms with van der Waals surface area (Å²) in [5.74, 6) is -0.224. The highest BCUT2D eigenvalue weighted by atomic mass is 35.5. The molecule has 1 fully saturated rings. The smallest absolute Gasteiger partial charge is 0.232 e.